The molecule has 0 unspecified atom stereocenters. The van der Waals surface area contributed by atoms with Gasteiger partial charge in [-0.3, -0.25) is 0 Å². The Balaban J connectivity index is 2.36. The summed E-state index contributed by atoms with van der Waals surface area (Å²) in [6, 6.07) is 10.3. The highest BCUT2D eigenvalue weighted by Crippen LogP contribution is 2.24. The van der Waals surface area contributed by atoms with Crippen LogP contribution in [0.3, 0.4) is 0 Å². The van der Waals surface area contributed by atoms with Gasteiger partial charge in [-0.25, -0.2) is 4.98 Å². The number of nitrogens with zero attached hydrogens (tertiary/aromatic N) is 2. The Morgan fingerprint density at radius 2 is 1.67 bits per heavy atom. The van der Waals surface area contributed by atoms with Crippen molar-refractivity contribution < 1.29 is 0 Å². The molecule has 3 nitrogen and oxygen atoms in total. The molecule has 1 aromatic carbocycles. The van der Waals surface area contributed by atoms with Gasteiger partial charge in [0.1, 0.15) is 11.5 Å². The number of hydrogen-bond acceptors (Lipinski definition) is 2. The van der Waals surface area contributed by atoms with Crippen LogP contribution in [0.25, 0.3) is 0 Å². The van der Waals surface area contributed by atoms with Gasteiger partial charge in [0.05, 0.1) is 5.69 Å². The lowest BCUT2D eigenvalue weighted by Gasteiger charge is -2.32. The second-order valence-electron chi connectivity index (χ2n) is 5.22. The van der Waals surface area contributed by atoms with Gasteiger partial charge in [0, 0.05) is 11.4 Å². The minimum atomic E-state index is -0.198. The summed E-state index contributed by atoms with van der Waals surface area (Å²) in [6.45, 7) is 10.6. The van der Waals surface area contributed by atoms with Gasteiger partial charge in [0.2, 0.25) is 0 Å². The van der Waals surface area contributed by atoms with Crippen molar-refractivity contribution in [2.45, 2.75) is 40.3 Å². The first-order chi connectivity index (χ1) is 8.42. The van der Waals surface area contributed by atoms with Crippen molar-refractivity contribution >= 4 is 5.69 Å². The van der Waals surface area contributed by atoms with E-state index in [-0.39, 0.29) is 5.66 Å². The van der Waals surface area contributed by atoms with Gasteiger partial charge in [0.15, 0.2) is 0 Å². The zero-order valence-corrected chi connectivity index (χ0v) is 11.8. The summed E-state index contributed by atoms with van der Waals surface area (Å²) in [7, 11) is 0. The van der Waals surface area contributed by atoms with Crippen LogP contribution in [0.4, 0.5) is 5.69 Å². The van der Waals surface area contributed by atoms with E-state index < -0.39 is 0 Å². The molecule has 0 radical (unpaired) electrons. The number of rotatable bonds is 3. The van der Waals surface area contributed by atoms with E-state index in [4.69, 9.17) is 0 Å². The Bertz CT molecular complexity index is 538. The van der Waals surface area contributed by atoms with E-state index in [2.05, 4.69) is 61.6 Å². The number of aryl methyl sites for hydroxylation is 2. The second-order valence-corrected chi connectivity index (χ2v) is 5.22. The zero-order valence-electron chi connectivity index (χ0n) is 11.8. The number of nitrogens with one attached hydrogen (secondary N) is 1. The molecule has 18 heavy (non-hydrogen) atoms. The summed E-state index contributed by atoms with van der Waals surface area (Å²) in [4.78, 5) is 4.54. The SMILES string of the molecule is Cc1nc(C)n(C(C)(C)Nc2ccccc2)c1C. The molecule has 0 atom stereocenters. The lowest BCUT2D eigenvalue weighted by Crippen LogP contribution is -2.36. The van der Waals surface area contributed by atoms with E-state index in [0.29, 0.717) is 0 Å². The normalized spacial score (nSPS) is 11.6. The lowest BCUT2D eigenvalue weighted by atomic mass is 10.2. The number of hydrogen-bond donors (Lipinski definition) is 1. The predicted octanol–water partition coefficient (Wildman–Crippen LogP) is 3.61. The van der Waals surface area contributed by atoms with Crippen LogP contribution < -0.4 is 5.32 Å². The largest absolute Gasteiger partial charge is 0.363 e. The summed E-state index contributed by atoms with van der Waals surface area (Å²) in [6.07, 6.45) is 0. The third kappa shape index (κ3) is 2.26. The number of aromatic nitrogens is 2. The summed E-state index contributed by atoms with van der Waals surface area (Å²) >= 11 is 0. The monoisotopic (exact) mass is 243 g/mol. The molecule has 1 aromatic heterocycles. The molecule has 1 N–H and O–H groups in total. The average molecular weight is 243 g/mol. The van der Waals surface area contributed by atoms with E-state index in [9.17, 15) is 0 Å². The maximum Gasteiger partial charge on any atom is 0.110 e. The third-order valence-corrected chi connectivity index (χ3v) is 3.30. The fraction of sp³-hybridized carbons (Fsp3) is 0.400. The first kappa shape index (κ1) is 12.7. The molecule has 0 bridgehead atoms. The molecule has 0 saturated carbocycles. The Morgan fingerprint density at radius 3 is 2.17 bits per heavy atom. The minimum absolute atomic E-state index is 0.198. The Kier molecular flexibility index (Phi) is 3.16. The average Bonchev–Trinajstić information content (AvgIpc) is 2.54. The van der Waals surface area contributed by atoms with E-state index in [1.165, 1.54) is 5.69 Å². The van der Waals surface area contributed by atoms with Crippen molar-refractivity contribution in [3.05, 3.63) is 47.5 Å². The number of imidazole rings is 1. The second kappa shape index (κ2) is 4.48. The fourth-order valence-electron chi connectivity index (χ4n) is 2.53. The highest BCUT2D eigenvalue weighted by Gasteiger charge is 2.24. The molecule has 96 valence electrons. The van der Waals surface area contributed by atoms with Gasteiger partial charge in [-0.2, -0.15) is 0 Å². The Morgan fingerprint density at radius 1 is 1.06 bits per heavy atom. The number of para-hydroxylation sites is 1. The molecule has 0 aliphatic rings. The van der Waals surface area contributed by atoms with Gasteiger partial charge in [-0.05, 0) is 46.8 Å². The lowest BCUT2D eigenvalue weighted by molar-refractivity contribution is 0.395. The van der Waals surface area contributed by atoms with Gasteiger partial charge < -0.3 is 9.88 Å². The van der Waals surface area contributed by atoms with Crippen LogP contribution in [0.5, 0.6) is 0 Å². The van der Waals surface area contributed by atoms with Crippen molar-refractivity contribution in [2.75, 3.05) is 5.32 Å². The first-order valence-corrected chi connectivity index (χ1v) is 6.28. The molecule has 0 aliphatic heterocycles. The van der Waals surface area contributed by atoms with Crippen molar-refractivity contribution in [2.24, 2.45) is 0 Å². The maximum absolute atomic E-state index is 4.54. The molecule has 0 aliphatic carbocycles. The van der Waals surface area contributed by atoms with Gasteiger partial charge in [-0.1, -0.05) is 18.2 Å². The fourth-order valence-corrected chi connectivity index (χ4v) is 2.53. The zero-order chi connectivity index (χ0) is 13.3. The summed E-state index contributed by atoms with van der Waals surface area (Å²) in [5, 5.41) is 3.55. The Labute approximate surface area is 109 Å². The van der Waals surface area contributed by atoms with Crippen LogP contribution in [0, 0.1) is 20.8 Å². The number of benzene rings is 1. The quantitative estimate of drug-likeness (QED) is 0.892. The molecule has 0 saturated heterocycles. The number of anilines is 1. The highest BCUT2D eigenvalue weighted by molar-refractivity contribution is 5.44. The van der Waals surface area contributed by atoms with Crippen molar-refractivity contribution in [1.82, 2.24) is 9.55 Å². The molecular weight excluding hydrogens is 222 g/mol. The summed E-state index contributed by atoms with van der Waals surface area (Å²) < 4.78 is 2.25. The van der Waals surface area contributed by atoms with Crippen LogP contribution >= 0.6 is 0 Å². The van der Waals surface area contributed by atoms with Gasteiger partial charge >= 0.3 is 0 Å². The minimum Gasteiger partial charge on any atom is -0.363 e. The predicted molar refractivity (Wildman–Crippen MR) is 75.8 cm³/mol. The highest BCUT2D eigenvalue weighted by atomic mass is 15.3. The van der Waals surface area contributed by atoms with Gasteiger partial charge in [-0.15, -0.1) is 0 Å². The molecule has 3 heteroatoms. The molecule has 0 spiro atoms. The van der Waals surface area contributed by atoms with E-state index in [1.807, 2.05) is 18.2 Å². The summed E-state index contributed by atoms with van der Waals surface area (Å²) in [5.74, 6) is 1.04. The van der Waals surface area contributed by atoms with Gasteiger partial charge in [0.25, 0.3) is 0 Å². The third-order valence-electron chi connectivity index (χ3n) is 3.30. The molecule has 1 heterocycles. The topological polar surface area (TPSA) is 29.9 Å². The van der Waals surface area contributed by atoms with Crippen LogP contribution in [0.15, 0.2) is 30.3 Å². The maximum atomic E-state index is 4.54. The van der Waals surface area contributed by atoms with Crippen molar-refractivity contribution in [1.29, 1.82) is 0 Å². The smallest absolute Gasteiger partial charge is 0.110 e. The molecular formula is C15H21N3. The molecule has 2 aromatic rings. The van der Waals surface area contributed by atoms with Crippen LogP contribution in [-0.4, -0.2) is 9.55 Å². The molecule has 0 fully saturated rings. The standard InChI is InChI=1S/C15H21N3/c1-11-12(2)18(13(3)16-11)15(4,5)17-14-9-7-6-8-10-14/h6-10,17H,1-5H3. The van der Waals surface area contributed by atoms with Crippen LogP contribution in [0.1, 0.15) is 31.1 Å². The van der Waals surface area contributed by atoms with E-state index in [0.717, 1.165) is 17.2 Å². The first-order valence-electron chi connectivity index (χ1n) is 6.28. The molecule has 0 amide bonds. The van der Waals surface area contributed by atoms with E-state index in [1.54, 1.807) is 0 Å². The Hall–Kier alpha value is -1.77. The van der Waals surface area contributed by atoms with Crippen molar-refractivity contribution in [3.8, 4) is 0 Å². The van der Waals surface area contributed by atoms with Crippen LogP contribution in [-0.2, 0) is 5.66 Å². The molecule has 2 rings (SSSR count). The summed E-state index contributed by atoms with van der Waals surface area (Å²) in [5.41, 5.74) is 3.22. The van der Waals surface area contributed by atoms with Crippen LogP contribution in [0.2, 0.25) is 0 Å². The van der Waals surface area contributed by atoms with E-state index >= 15 is 0 Å². The van der Waals surface area contributed by atoms with Crippen molar-refractivity contribution in [3.63, 3.8) is 0 Å².